The minimum Gasteiger partial charge on any atom is -0.366 e. The maximum atomic E-state index is 12.7. The van der Waals surface area contributed by atoms with Gasteiger partial charge in [-0.1, -0.05) is 32.9 Å². The molecule has 1 aliphatic heterocycles. The van der Waals surface area contributed by atoms with Crippen molar-refractivity contribution >= 4 is 17.7 Å². The van der Waals surface area contributed by atoms with Gasteiger partial charge in [-0.05, 0) is 137 Å². The fraction of sp³-hybridized carbons (Fsp3) is 0.743. The van der Waals surface area contributed by atoms with Crippen LogP contribution in [0.1, 0.15) is 99.3 Å². The van der Waals surface area contributed by atoms with Crippen LogP contribution < -0.4 is 4.90 Å². The number of nitrogens with zero attached hydrogens (tertiary/aromatic N) is 2. The molecule has 5 aliphatic rings. The number of hydrogen-bond acceptors (Lipinski definition) is 4. The number of fused-ring (bicyclic) bond motifs is 7. The fourth-order valence-corrected chi connectivity index (χ4v) is 12.3. The van der Waals surface area contributed by atoms with Crippen molar-refractivity contribution in [2.24, 2.45) is 51.2 Å². The highest BCUT2D eigenvalue weighted by Crippen LogP contribution is 2.76. The number of carbonyl (C=O) groups is 1. The van der Waals surface area contributed by atoms with Crippen LogP contribution in [0, 0.1) is 61.4 Å². The number of anilines is 1. The molecule has 1 aromatic carbocycles. The maximum Gasteiger partial charge on any atom is 0.269 e. The Hall–Kier alpha value is -2.17. The van der Waals surface area contributed by atoms with Crippen molar-refractivity contribution in [3.63, 3.8) is 0 Å². The van der Waals surface area contributed by atoms with E-state index in [4.69, 9.17) is 0 Å². The van der Waals surface area contributed by atoms with Gasteiger partial charge in [0.1, 0.15) is 6.29 Å². The van der Waals surface area contributed by atoms with E-state index < -0.39 is 0 Å². The lowest BCUT2D eigenvalue weighted by Gasteiger charge is -2.73. The number of nitro groups is 1. The van der Waals surface area contributed by atoms with Crippen LogP contribution in [0.2, 0.25) is 0 Å². The highest BCUT2D eigenvalue weighted by atomic mass is 16.6. The largest absolute Gasteiger partial charge is 0.366 e. The Balaban J connectivity index is 1.33. The average molecular weight is 547 g/mol. The number of allylic oxidation sites excluding steroid dienone is 1. The molecule has 4 aliphatic carbocycles. The smallest absolute Gasteiger partial charge is 0.269 e. The predicted molar refractivity (Wildman–Crippen MR) is 161 cm³/mol. The summed E-state index contributed by atoms with van der Waals surface area (Å²) in [6.45, 7) is 20.4. The van der Waals surface area contributed by atoms with Crippen molar-refractivity contribution in [2.45, 2.75) is 105 Å². The van der Waals surface area contributed by atoms with E-state index in [0.717, 1.165) is 37.9 Å². The van der Waals surface area contributed by atoms with Crippen LogP contribution in [0.3, 0.4) is 0 Å². The molecule has 218 valence electrons. The predicted octanol–water partition coefficient (Wildman–Crippen LogP) is 8.62. The zero-order chi connectivity index (χ0) is 28.9. The molecule has 40 heavy (non-hydrogen) atoms. The number of hydrogen-bond donors (Lipinski definition) is 0. The minimum atomic E-state index is -0.310. The molecule has 5 nitrogen and oxygen atoms in total. The Morgan fingerprint density at radius 3 is 2.25 bits per heavy atom. The summed E-state index contributed by atoms with van der Waals surface area (Å²) in [5.74, 6) is 2.79. The van der Waals surface area contributed by atoms with Crippen LogP contribution in [0.5, 0.6) is 0 Å². The molecule has 0 N–H and O–H groups in total. The molecule has 0 spiro atoms. The molecule has 0 aromatic heterocycles. The van der Waals surface area contributed by atoms with Gasteiger partial charge >= 0.3 is 0 Å². The molecular formula is C35H50N2O3. The molecule has 0 unspecified atom stereocenters. The molecule has 6 rings (SSSR count). The zero-order valence-electron chi connectivity index (χ0n) is 25.7. The quantitative estimate of drug-likeness (QED) is 0.164. The third-order valence-corrected chi connectivity index (χ3v) is 14.4. The molecule has 0 amide bonds. The zero-order valence-corrected chi connectivity index (χ0v) is 25.7. The van der Waals surface area contributed by atoms with E-state index in [2.05, 4.69) is 53.0 Å². The van der Waals surface area contributed by atoms with Crippen LogP contribution in [0.15, 0.2) is 36.4 Å². The Morgan fingerprint density at radius 1 is 0.925 bits per heavy atom. The second-order valence-electron chi connectivity index (χ2n) is 15.9. The highest BCUT2D eigenvalue weighted by Gasteiger charge is 2.70. The van der Waals surface area contributed by atoms with Crippen molar-refractivity contribution in [1.82, 2.24) is 0 Å². The molecule has 1 saturated heterocycles. The number of rotatable bonds is 4. The molecule has 1 aromatic rings. The van der Waals surface area contributed by atoms with Crippen LogP contribution in [-0.4, -0.2) is 23.3 Å². The standard InChI is InChI=1S/C35H50N2O3/c1-23(2)26-14-17-35(22-38)19-18-33(6)27(30(26)35)12-13-29-32(5)20-21-36(24-8-10-25(11-9-24)37(39)40)31(3,4)28(32)15-16-34(29,33)7/h8-11,22,26-30H,1,12-21H2,2-7H3/t26-,27+,28-,29+,30+,32-,33+,34+,35+/m0/s1. The van der Waals surface area contributed by atoms with Gasteiger partial charge in [0.25, 0.3) is 5.69 Å². The normalized spacial score (nSPS) is 45.5. The molecule has 4 saturated carbocycles. The second kappa shape index (κ2) is 8.91. The third kappa shape index (κ3) is 3.48. The van der Waals surface area contributed by atoms with Gasteiger partial charge in [0.15, 0.2) is 0 Å². The van der Waals surface area contributed by atoms with Crippen LogP contribution >= 0.6 is 0 Å². The summed E-state index contributed by atoms with van der Waals surface area (Å²) in [5, 5.41) is 11.3. The summed E-state index contributed by atoms with van der Waals surface area (Å²) in [6.07, 6.45) is 12.0. The maximum absolute atomic E-state index is 12.7. The molecular weight excluding hydrogens is 496 g/mol. The summed E-state index contributed by atoms with van der Waals surface area (Å²) >= 11 is 0. The molecule has 1 heterocycles. The van der Waals surface area contributed by atoms with E-state index in [1.54, 1.807) is 12.1 Å². The van der Waals surface area contributed by atoms with E-state index in [1.165, 1.54) is 44.0 Å². The number of benzene rings is 1. The lowest BCUT2D eigenvalue weighted by atomic mass is 9.33. The number of nitro benzene ring substituents is 1. The number of carbonyl (C=O) groups excluding carboxylic acids is 1. The van der Waals surface area contributed by atoms with Gasteiger partial charge in [-0.15, -0.1) is 0 Å². The summed E-state index contributed by atoms with van der Waals surface area (Å²) in [5.41, 5.74) is 3.16. The summed E-state index contributed by atoms with van der Waals surface area (Å²) < 4.78 is 0. The third-order valence-electron chi connectivity index (χ3n) is 14.4. The highest BCUT2D eigenvalue weighted by molar-refractivity contribution is 5.62. The Kier molecular flexibility index (Phi) is 6.23. The minimum absolute atomic E-state index is 0.0298. The van der Waals surface area contributed by atoms with E-state index in [0.29, 0.717) is 29.6 Å². The second-order valence-corrected chi connectivity index (χ2v) is 15.9. The van der Waals surface area contributed by atoms with Gasteiger partial charge in [-0.25, -0.2) is 0 Å². The first-order valence-corrected chi connectivity index (χ1v) is 15.9. The molecule has 5 heteroatoms. The van der Waals surface area contributed by atoms with Crippen LogP contribution in [-0.2, 0) is 4.79 Å². The Bertz CT molecular complexity index is 1220. The van der Waals surface area contributed by atoms with E-state index in [1.807, 2.05) is 12.1 Å². The average Bonchev–Trinajstić information content (AvgIpc) is 3.29. The molecule has 0 bridgehead atoms. The fourth-order valence-electron chi connectivity index (χ4n) is 12.3. The Labute approximate surface area is 241 Å². The summed E-state index contributed by atoms with van der Waals surface area (Å²) in [4.78, 5) is 26.2. The molecule has 0 radical (unpaired) electrons. The van der Waals surface area contributed by atoms with Gasteiger partial charge in [0.2, 0.25) is 0 Å². The van der Waals surface area contributed by atoms with Crippen molar-refractivity contribution in [1.29, 1.82) is 0 Å². The lowest BCUT2D eigenvalue weighted by Crippen LogP contribution is -2.69. The van der Waals surface area contributed by atoms with E-state index in [9.17, 15) is 14.9 Å². The lowest BCUT2D eigenvalue weighted by molar-refractivity contribution is -0.384. The first-order valence-electron chi connectivity index (χ1n) is 15.9. The monoisotopic (exact) mass is 546 g/mol. The number of piperidine rings is 1. The van der Waals surface area contributed by atoms with Crippen molar-refractivity contribution in [2.75, 3.05) is 11.4 Å². The van der Waals surface area contributed by atoms with E-state index in [-0.39, 0.29) is 37.8 Å². The van der Waals surface area contributed by atoms with Crippen molar-refractivity contribution in [3.05, 3.63) is 46.5 Å². The SMILES string of the molecule is C=C(C)[C@@H]1CC[C@]2(C=O)CC[C@]3(C)[C@H](CC[C@@H]4[C@@]5(C)CCN(c6ccc([N+](=O)[O-])cc6)C(C)(C)[C@@H]5CC[C@]43C)[C@@H]12. The summed E-state index contributed by atoms with van der Waals surface area (Å²) in [6, 6.07) is 7.21. The summed E-state index contributed by atoms with van der Waals surface area (Å²) in [7, 11) is 0. The number of aldehydes is 1. The van der Waals surface area contributed by atoms with Gasteiger partial charge in [0.05, 0.1) is 4.92 Å². The van der Waals surface area contributed by atoms with Crippen molar-refractivity contribution in [3.8, 4) is 0 Å². The Morgan fingerprint density at radius 2 is 1.62 bits per heavy atom. The van der Waals surface area contributed by atoms with Gasteiger partial charge < -0.3 is 9.69 Å². The van der Waals surface area contributed by atoms with Gasteiger partial charge in [0, 0.05) is 35.3 Å². The van der Waals surface area contributed by atoms with Gasteiger partial charge in [-0.3, -0.25) is 10.1 Å². The first kappa shape index (κ1) is 28.0. The molecule has 5 fully saturated rings. The topological polar surface area (TPSA) is 63.5 Å². The first-order chi connectivity index (χ1) is 18.7. The number of non-ortho nitro benzene ring substituents is 1. The van der Waals surface area contributed by atoms with Crippen LogP contribution in [0.4, 0.5) is 11.4 Å². The van der Waals surface area contributed by atoms with E-state index >= 15 is 0 Å². The molecule has 9 atom stereocenters. The van der Waals surface area contributed by atoms with Gasteiger partial charge in [-0.2, -0.15) is 0 Å². The van der Waals surface area contributed by atoms with Crippen LogP contribution in [0.25, 0.3) is 0 Å². The van der Waals surface area contributed by atoms with Crippen molar-refractivity contribution < 1.29 is 9.72 Å².